The minimum atomic E-state index is -0.0839. The van der Waals surface area contributed by atoms with Crippen molar-refractivity contribution in [3.05, 3.63) is 27.7 Å². The second-order valence-corrected chi connectivity index (χ2v) is 6.05. The number of hydrogen-bond acceptors (Lipinski definition) is 2. The van der Waals surface area contributed by atoms with Crippen molar-refractivity contribution in [2.75, 3.05) is 6.61 Å². The van der Waals surface area contributed by atoms with Gasteiger partial charge in [0.05, 0.1) is 0 Å². The molecule has 4 heteroatoms. The lowest BCUT2D eigenvalue weighted by atomic mass is 10.1. The van der Waals surface area contributed by atoms with Crippen molar-refractivity contribution in [2.24, 2.45) is 5.92 Å². The molecule has 3 nitrogen and oxygen atoms in total. The largest absolute Gasteiger partial charge is 0.484 e. The van der Waals surface area contributed by atoms with Crippen LogP contribution >= 0.6 is 15.9 Å². The van der Waals surface area contributed by atoms with Gasteiger partial charge in [-0.15, -0.1) is 0 Å². The average Bonchev–Trinajstić information content (AvgIpc) is 2.33. The van der Waals surface area contributed by atoms with Crippen LogP contribution in [0.25, 0.3) is 0 Å². The standard InChI is InChI=1S/C15H22BrNO2/c1-9(2)12(5)17-14(18)8-19-13-6-10(3)15(16)11(4)7-13/h6-7,9,12H,8H2,1-5H3,(H,17,18)/t12-/m1/s1. The van der Waals surface area contributed by atoms with E-state index in [0.29, 0.717) is 5.92 Å². The third kappa shape index (κ3) is 4.86. The van der Waals surface area contributed by atoms with Gasteiger partial charge in [-0.1, -0.05) is 29.8 Å². The fraction of sp³-hybridized carbons (Fsp3) is 0.533. The molecule has 1 atom stereocenters. The van der Waals surface area contributed by atoms with Crippen molar-refractivity contribution in [1.29, 1.82) is 0 Å². The van der Waals surface area contributed by atoms with Crippen molar-refractivity contribution in [1.82, 2.24) is 5.32 Å². The van der Waals surface area contributed by atoms with Crippen molar-refractivity contribution in [3.63, 3.8) is 0 Å². The van der Waals surface area contributed by atoms with Crippen LogP contribution in [0.15, 0.2) is 16.6 Å². The van der Waals surface area contributed by atoms with Gasteiger partial charge in [0.15, 0.2) is 6.61 Å². The molecule has 0 aliphatic heterocycles. The first kappa shape index (κ1) is 16.0. The Balaban J connectivity index is 2.55. The predicted octanol–water partition coefficient (Wildman–Crippen LogP) is 3.61. The van der Waals surface area contributed by atoms with Gasteiger partial charge in [-0.25, -0.2) is 0 Å². The molecule has 0 aliphatic carbocycles. The Labute approximate surface area is 123 Å². The van der Waals surface area contributed by atoms with E-state index < -0.39 is 0 Å². The van der Waals surface area contributed by atoms with Gasteiger partial charge >= 0.3 is 0 Å². The van der Waals surface area contributed by atoms with Crippen molar-refractivity contribution in [3.8, 4) is 5.75 Å². The lowest BCUT2D eigenvalue weighted by Crippen LogP contribution is -2.38. The summed E-state index contributed by atoms with van der Waals surface area (Å²) in [6.45, 7) is 10.2. The van der Waals surface area contributed by atoms with E-state index in [1.165, 1.54) is 0 Å². The zero-order valence-corrected chi connectivity index (χ0v) is 13.8. The fourth-order valence-electron chi connectivity index (χ4n) is 1.60. The van der Waals surface area contributed by atoms with Crippen LogP contribution in [0.3, 0.4) is 0 Å². The molecule has 0 aromatic heterocycles. The van der Waals surface area contributed by atoms with E-state index in [0.717, 1.165) is 21.3 Å². The smallest absolute Gasteiger partial charge is 0.258 e. The highest BCUT2D eigenvalue weighted by Crippen LogP contribution is 2.26. The number of hydrogen-bond donors (Lipinski definition) is 1. The molecule has 0 saturated heterocycles. The molecule has 0 unspecified atom stereocenters. The highest BCUT2D eigenvalue weighted by molar-refractivity contribution is 9.10. The molecule has 1 aromatic carbocycles. The van der Waals surface area contributed by atoms with Crippen LogP contribution in [-0.2, 0) is 4.79 Å². The Morgan fingerprint density at radius 2 is 1.79 bits per heavy atom. The molecule has 0 spiro atoms. The summed E-state index contributed by atoms with van der Waals surface area (Å²) in [6.07, 6.45) is 0. The summed E-state index contributed by atoms with van der Waals surface area (Å²) in [5, 5.41) is 2.92. The Bertz CT molecular complexity index is 434. The lowest BCUT2D eigenvalue weighted by Gasteiger charge is -2.17. The molecular weight excluding hydrogens is 306 g/mol. The van der Waals surface area contributed by atoms with E-state index in [-0.39, 0.29) is 18.6 Å². The summed E-state index contributed by atoms with van der Waals surface area (Å²) in [6, 6.07) is 4.01. The number of benzene rings is 1. The van der Waals surface area contributed by atoms with E-state index in [1.54, 1.807) is 0 Å². The molecule has 0 saturated carbocycles. The maximum Gasteiger partial charge on any atom is 0.258 e. The number of nitrogens with one attached hydrogen (secondary N) is 1. The number of halogens is 1. The second-order valence-electron chi connectivity index (χ2n) is 5.26. The zero-order chi connectivity index (χ0) is 14.6. The van der Waals surface area contributed by atoms with Gasteiger partial charge in [-0.05, 0) is 49.9 Å². The second kappa shape index (κ2) is 6.94. The summed E-state index contributed by atoms with van der Waals surface area (Å²) in [4.78, 5) is 11.7. The minimum absolute atomic E-state index is 0.0531. The molecule has 0 bridgehead atoms. The Morgan fingerprint density at radius 3 is 2.26 bits per heavy atom. The summed E-state index contributed by atoms with van der Waals surface area (Å²) < 4.78 is 6.61. The summed E-state index contributed by atoms with van der Waals surface area (Å²) in [5.74, 6) is 1.06. The van der Waals surface area contributed by atoms with Gasteiger partial charge in [0.1, 0.15) is 5.75 Å². The molecular formula is C15H22BrNO2. The number of carbonyl (C=O) groups is 1. The number of carbonyl (C=O) groups excluding carboxylic acids is 1. The minimum Gasteiger partial charge on any atom is -0.484 e. The van der Waals surface area contributed by atoms with Gasteiger partial charge in [0.25, 0.3) is 5.91 Å². The molecule has 1 N–H and O–H groups in total. The highest BCUT2D eigenvalue weighted by atomic mass is 79.9. The molecule has 106 valence electrons. The van der Waals surface area contributed by atoms with E-state index in [1.807, 2.05) is 32.9 Å². The van der Waals surface area contributed by atoms with Crippen LogP contribution in [0.1, 0.15) is 31.9 Å². The number of aryl methyl sites for hydroxylation is 2. The van der Waals surface area contributed by atoms with Crippen molar-refractivity contribution >= 4 is 21.8 Å². The van der Waals surface area contributed by atoms with Crippen LogP contribution in [-0.4, -0.2) is 18.6 Å². The first-order valence-electron chi connectivity index (χ1n) is 6.50. The summed E-state index contributed by atoms with van der Waals surface area (Å²) >= 11 is 3.51. The lowest BCUT2D eigenvalue weighted by molar-refractivity contribution is -0.124. The monoisotopic (exact) mass is 327 g/mol. The Morgan fingerprint density at radius 1 is 1.26 bits per heavy atom. The Hall–Kier alpha value is -1.03. The predicted molar refractivity (Wildman–Crippen MR) is 81.6 cm³/mol. The van der Waals surface area contributed by atoms with Crippen LogP contribution in [0.5, 0.6) is 5.75 Å². The average molecular weight is 328 g/mol. The van der Waals surface area contributed by atoms with E-state index in [2.05, 4.69) is 35.1 Å². The molecule has 1 aromatic rings. The van der Waals surface area contributed by atoms with Gasteiger partial charge < -0.3 is 10.1 Å². The normalized spacial score (nSPS) is 12.4. The third-order valence-corrected chi connectivity index (χ3v) is 4.42. The van der Waals surface area contributed by atoms with Gasteiger partial charge in [-0.2, -0.15) is 0 Å². The first-order valence-corrected chi connectivity index (χ1v) is 7.29. The van der Waals surface area contributed by atoms with Crippen molar-refractivity contribution < 1.29 is 9.53 Å². The van der Waals surface area contributed by atoms with E-state index in [4.69, 9.17) is 4.74 Å². The molecule has 0 aliphatic rings. The number of ether oxygens (including phenoxy) is 1. The summed E-state index contributed by atoms with van der Waals surface area (Å²) in [7, 11) is 0. The maximum absolute atomic E-state index is 11.7. The SMILES string of the molecule is Cc1cc(OCC(=O)N[C@H](C)C(C)C)cc(C)c1Br. The van der Waals surface area contributed by atoms with Crippen LogP contribution in [0, 0.1) is 19.8 Å². The number of rotatable bonds is 5. The van der Waals surface area contributed by atoms with Crippen molar-refractivity contribution in [2.45, 2.75) is 40.7 Å². The number of amides is 1. The molecule has 0 fully saturated rings. The fourth-order valence-corrected chi connectivity index (χ4v) is 1.83. The first-order chi connectivity index (χ1) is 8.81. The quantitative estimate of drug-likeness (QED) is 0.897. The van der Waals surface area contributed by atoms with Crippen LogP contribution < -0.4 is 10.1 Å². The molecule has 0 radical (unpaired) electrons. The molecule has 19 heavy (non-hydrogen) atoms. The summed E-state index contributed by atoms with van der Waals surface area (Å²) in [5.41, 5.74) is 2.21. The van der Waals surface area contributed by atoms with E-state index >= 15 is 0 Å². The van der Waals surface area contributed by atoms with Crippen LogP contribution in [0.4, 0.5) is 0 Å². The molecule has 0 heterocycles. The molecule has 1 amide bonds. The zero-order valence-electron chi connectivity index (χ0n) is 12.2. The highest BCUT2D eigenvalue weighted by Gasteiger charge is 2.11. The third-order valence-electron chi connectivity index (χ3n) is 3.17. The van der Waals surface area contributed by atoms with Gasteiger partial charge in [0, 0.05) is 10.5 Å². The topological polar surface area (TPSA) is 38.3 Å². The maximum atomic E-state index is 11.7. The Kier molecular flexibility index (Phi) is 5.85. The van der Waals surface area contributed by atoms with Gasteiger partial charge in [0.2, 0.25) is 0 Å². The van der Waals surface area contributed by atoms with Gasteiger partial charge in [-0.3, -0.25) is 4.79 Å². The molecule has 1 rings (SSSR count). The van der Waals surface area contributed by atoms with Crippen LogP contribution in [0.2, 0.25) is 0 Å². The van der Waals surface area contributed by atoms with E-state index in [9.17, 15) is 4.79 Å².